The Balaban J connectivity index is 2.23. The average Bonchev–Trinajstić information content (AvgIpc) is 2.29. The third-order valence-corrected chi connectivity index (χ3v) is 3.50. The van der Waals surface area contributed by atoms with Crippen molar-refractivity contribution in [3.8, 4) is 0 Å². The molecule has 0 aliphatic carbocycles. The van der Waals surface area contributed by atoms with Gasteiger partial charge in [0.1, 0.15) is 0 Å². The Morgan fingerprint density at radius 3 is 2.94 bits per heavy atom. The van der Waals surface area contributed by atoms with Gasteiger partial charge in [0.25, 0.3) is 0 Å². The molecule has 1 aromatic carbocycles. The molecule has 2 heteroatoms. The van der Waals surface area contributed by atoms with Crippen molar-refractivity contribution in [2.45, 2.75) is 26.9 Å². The van der Waals surface area contributed by atoms with Gasteiger partial charge in [0.05, 0.1) is 6.61 Å². The molecule has 0 spiro atoms. The van der Waals surface area contributed by atoms with Crippen LogP contribution in [0.1, 0.15) is 25.0 Å². The van der Waals surface area contributed by atoms with Crippen LogP contribution in [0, 0.1) is 11.8 Å². The Kier molecular flexibility index (Phi) is 3.49. The standard InChI is InChI=1S/C14H21NO/c1-10(2)13-7-11-5-4-6-12(9-16-3)14(11)15-8-13/h4-6,10,13,15H,7-9H2,1-3H3. The van der Waals surface area contributed by atoms with Crippen LogP contribution in [-0.2, 0) is 17.8 Å². The minimum atomic E-state index is 0.697. The van der Waals surface area contributed by atoms with Crippen molar-refractivity contribution in [1.29, 1.82) is 0 Å². The lowest BCUT2D eigenvalue weighted by Crippen LogP contribution is -2.27. The summed E-state index contributed by atoms with van der Waals surface area (Å²) in [6, 6.07) is 6.51. The van der Waals surface area contributed by atoms with Gasteiger partial charge in [-0.05, 0) is 23.8 Å². The van der Waals surface area contributed by atoms with Crippen molar-refractivity contribution in [3.05, 3.63) is 29.3 Å². The Hall–Kier alpha value is -1.02. The van der Waals surface area contributed by atoms with Crippen LogP contribution in [0.5, 0.6) is 0 Å². The summed E-state index contributed by atoms with van der Waals surface area (Å²) >= 11 is 0. The topological polar surface area (TPSA) is 21.3 Å². The average molecular weight is 219 g/mol. The summed E-state index contributed by atoms with van der Waals surface area (Å²) in [6.07, 6.45) is 1.19. The minimum absolute atomic E-state index is 0.697. The van der Waals surface area contributed by atoms with Crippen LogP contribution >= 0.6 is 0 Å². The van der Waals surface area contributed by atoms with Gasteiger partial charge in [0.2, 0.25) is 0 Å². The molecule has 2 rings (SSSR count). The first-order chi connectivity index (χ1) is 7.72. The lowest BCUT2D eigenvalue weighted by Gasteiger charge is -2.30. The second-order valence-corrected chi connectivity index (χ2v) is 4.97. The van der Waals surface area contributed by atoms with Crippen LogP contribution in [0.4, 0.5) is 5.69 Å². The number of hydrogen-bond acceptors (Lipinski definition) is 2. The van der Waals surface area contributed by atoms with Crippen molar-refractivity contribution in [2.75, 3.05) is 19.0 Å². The molecule has 0 bridgehead atoms. The lowest BCUT2D eigenvalue weighted by molar-refractivity contribution is 0.185. The highest BCUT2D eigenvalue weighted by atomic mass is 16.5. The molecule has 1 heterocycles. The van der Waals surface area contributed by atoms with Gasteiger partial charge in [-0.15, -0.1) is 0 Å². The highest BCUT2D eigenvalue weighted by Crippen LogP contribution is 2.31. The maximum Gasteiger partial charge on any atom is 0.0733 e. The molecule has 1 aromatic rings. The molecule has 0 amide bonds. The molecule has 16 heavy (non-hydrogen) atoms. The Morgan fingerprint density at radius 1 is 1.44 bits per heavy atom. The molecule has 1 unspecified atom stereocenters. The number of nitrogens with one attached hydrogen (secondary N) is 1. The lowest BCUT2D eigenvalue weighted by atomic mass is 9.85. The molecule has 0 saturated carbocycles. The molecule has 0 saturated heterocycles. The predicted molar refractivity (Wildman–Crippen MR) is 67.7 cm³/mol. The predicted octanol–water partition coefficient (Wildman–Crippen LogP) is 3.07. The van der Waals surface area contributed by atoms with Gasteiger partial charge in [-0.25, -0.2) is 0 Å². The molecule has 1 N–H and O–H groups in total. The van der Waals surface area contributed by atoms with E-state index in [9.17, 15) is 0 Å². The number of ether oxygens (including phenoxy) is 1. The molecule has 0 radical (unpaired) electrons. The van der Waals surface area contributed by atoms with E-state index in [-0.39, 0.29) is 0 Å². The molecule has 0 aromatic heterocycles. The fraction of sp³-hybridized carbons (Fsp3) is 0.571. The van der Waals surface area contributed by atoms with E-state index in [0.29, 0.717) is 6.61 Å². The maximum absolute atomic E-state index is 5.23. The van der Waals surface area contributed by atoms with Crippen molar-refractivity contribution < 1.29 is 4.74 Å². The number of benzene rings is 1. The molecule has 2 nitrogen and oxygen atoms in total. The smallest absolute Gasteiger partial charge is 0.0733 e. The van der Waals surface area contributed by atoms with E-state index in [4.69, 9.17) is 4.74 Å². The Bertz CT molecular complexity index is 360. The second-order valence-electron chi connectivity index (χ2n) is 4.97. The highest BCUT2D eigenvalue weighted by Gasteiger charge is 2.22. The third kappa shape index (κ3) is 2.22. The molecule has 0 fully saturated rings. The Morgan fingerprint density at radius 2 is 2.25 bits per heavy atom. The van der Waals surface area contributed by atoms with Crippen LogP contribution in [0.3, 0.4) is 0 Å². The number of methoxy groups -OCH3 is 1. The summed E-state index contributed by atoms with van der Waals surface area (Å²) in [5.41, 5.74) is 4.03. The van der Waals surface area contributed by atoms with E-state index < -0.39 is 0 Å². The molecule has 1 atom stereocenters. The van der Waals surface area contributed by atoms with E-state index in [1.807, 2.05) is 0 Å². The van der Waals surface area contributed by atoms with Gasteiger partial charge in [-0.2, -0.15) is 0 Å². The third-order valence-electron chi connectivity index (χ3n) is 3.50. The molecular formula is C14H21NO. The SMILES string of the molecule is COCc1cccc2c1NCC(C(C)C)C2. The first-order valence-corrected chi connectivity index (χ1v) is 6.06. The minimum Gasteiger partial charge on any atom is -0.384 e. The van der Waals surface area contributed by atoms with Gasteiger partial charge < -0.3 is 10.1 Å². The van der Waals surface area contributed by atoms with E-state index in [2.05, 4.69) is 37.4 Å². The van der Waals surface area contributed by atoms with Crippen LogP contribution in [0.15, 0.2) is 18.2 Å². The number of rotatable bonds is 3. The fourth-order valence-corrected chi connectivity index (χ4v) is 2.39. The second kappa shape index (κ2) is 4.88. The van der Waals surface area contributed by atoms with Crippen molar-refractivity contribution in [2.24, 2.45) is 11.8 Å². The zero-order valence-corrected chi connectivity index (χ0v) is 10.4. The summed E-state index contributed by atoms with van der Waals surface area (Å²) in [5, 5.41) is 3.57. The summed E-state index contributed by atoms with van der Waals surface area (Å²) in [5.74, 6) is 1.50. The molecule has 88 valence electrons. The van der Waals surface area contributed by atoms with Crippen LogP contribution in [0.25, 0.3) is 0 Å². The van der Waals surface area contributed by atoms with Gasteiger partial charge in [-0.3, -0.25) is 0 Å². The maximum atomic E-state index is 5.23. The summed E-state index contributed by atoms with van der Waals surface area (Å²) in [6.45, 7) is 6.39. The van der Waals surface area contributed by atoms with Gasteiger partial charge in [-0.1, -0.05) is 32.0 Å². The zero-order valence-electron chi connectivity index (χ0n) is 10.4. The van der Waals surface area contributed by atoms with Crippen molar-refractivity contribution in [3.63, 3.8) is 0 Å². The van der Waals surface area contributed by atoms with E-state index in [1.165, 1.54) is 23.2 Å². The van der Waals surface area contributed by atoms with E-state index in [0.717, 1.165) is 18.4 Å². The number of anilines is 1. The van der Waals surface area contributed by atoms with E-state index >= 15 is 0 Å². The van der Waals surface area contributed by atoms with Crippen LogP contribution in [0.2, 0.25) is 0 Å². The summed E-state index contributed by atoms with van der Waals surface area (Å²) < 4.78 is 5.23. The molecular weight excluding hydrogens is 198 g/mol. The first-order valence-electron chi connectivity index (χ1n) is 6.06. The van der Waals surface area contributed by atoms with Crippen LogP contribution < -0.4 is 5.32 Å². The number of hydrogen-bond donors (Lipinski definition) is 1. The normalized spacial score (nSPS) is 19.4. The van der Waals surface area contributed by atoms with Crippen molar-refractivity contribution in [1.82, 2.24) is 0 Å². The van der Waals surface area contributed by atoms with Gasteiger partial charge >= 0.3 is 0 Å². The zero-order chi connectivity index (χ0) is 11.5. The quantitative estimate of drug-likeness (QED) is 0.843. The molecule has 1 aliphatic rings. The number of para-hydroxylation sites is 1. The largest absolute Gasteiger partial charge is 0.384 e. The number of fused-ring (bicyclic) bond motifs is 1. The monoisotopic (exact) mass is 219 g/mol. The summed E-state index contributed by atoms with van der Waals surface area (Å²) in [7, 11) is 1.75. The van der Waals surface area contributed by atoms with Gasteiger partial charge in [0, 0.05) is 24.9 Å². The highest BCUT2D eigenvalue weighted by molar-refractivity contribution is 5.59. The first kappa shape index (κ1) is 11.5. The Labute approximate surface area is 98.0 Å². The fourth-order valence-electron chi connectivity index (χ4n) is 2.39. The molecule has 1 aliphatic heterocycles. The van der Waals surface area contributed by atoms with Crippen molar-refractivity contribution >= 4 is 5.69 Å². The van der Waals surface area contributed by atoms with Crippen LogP contribution in [-0.4, -0.2) is 13.7 Å². The summed E-state index contributed by atoms with van der Waals surface area (Å²) in [4.78, 5) is 0. The van der Waals surface area contributed by atoms with Gasteiger partial charge in [0.15, 0.2) is 0 Å². The van der Waals surface area contributed by atoms with E-state index in [1.54, 1.807) is 7.11 Å².